The first kappa shape index (κ1) is 12.5. The lowest BCUT2D eigenvalue weighted by Gasteiger charge is -2.23. The first-order valence-electron chi connectivity index (χ1n) is 5.52. The van der Waals surface area contributed by atoms with Gasteiger partial charge in [-0.3, -0.25) is 4.79 Å². The first-order valence-corrected chi connectivity index (χ1v) is 6.32. The number of hydrogen-bond donors (Lipinski definition) is 1. The predicted octanol–water partition coefficient (Wildman–Crippen LogP) is 2.02. The molecule has 1 aromatic carbocycles. The summed E-state index contributed by atoms with van der Waals surface area (Å²) >= 11 is 3.09. The van der Waals surface area contributed by atoms with Crippen LogP contribution in [-0.4, -0.2) is 37.0 Å². The summed E-state index contributed by atoms with van der Waals surface area (Å²) in [6, 6.07) is 4.57. The molecule has 1 amide bonds. The fourth-order valence-electron chi connectivity index (χ4n) is 1.97. The number of likely N-dealkylation sites (N-methyl/N-ethyl adjacent to an activating group) is 1. The molecule has 1 aliphatic rings. The average Bonchev–Trinajstić information content (AvgIpc) is 2.84. The van der Waals surface area contributed by atoms with Gasteiger partial charge in [-0.25, -0.2) is 4.39 Å². The van der Waals surface area contributed by atoms with Gasteiger partial charge in [0, 0.05) is 25.2 Å². The zero-order chi connectivity index (χ0) is 12.4. The van der Waals surface area contributed by atoms with Gasteiger partial charge in [-0.15, -0.1) is 0 Å². The Kier molecular flexibility index (Phi) is 3.79. The molecule has 3 nitrogen and oxygen atoms in total. The third kappa shape index (κ3) is 2.66. The van der Waals surface area contributed by atoms with Crippen LogP contribution in [0, 0.1) is 5.82 Å². The van der Waals surface area contributed by atoms with Gasteiger partial charge in [0.25, 0.3) is 5.91 Å². The highest BCUT2D eigenvalue weighted by molar-refractivity contribution is 9.10. The maximum atomic E-state index is 13.1. The first-order chi connectivity index (χ1) is 8.09. The zero-order valence-electron chi connectivity index (χ0n) is 9.54. The number of halogens is 2. The van der Waals surface area contributed by atoms with Crippen molar-refractivity contribution in [2.45, 2.75) is 12.5 Å². The molecule has 0 spiro atoms. The summed E-state index contributed by atoms with van der Waals surface area (Å²) in [7, 11) is 1.79. The topological polar surface area (TPSA) is 32.3 Å². The fourth-order valence-corrected chi connectivity index (χ4v) is 2.35. The number of amides is 1. The summed E-state index contributed by atoms with van der Waals surface area (Å²) < 4.78 is 13.4. The van der Waals surface area contributed by atoms with Gasteiger partial charge in [0.1, 0.15) is 5.82 Å². The zero-order valence-corrected chi connectivity index (χ0v) is 11.1. The Morgan fingerprint density at radius 1 is 1.59 bits per heavy atom. The quantitative estimate of drug-likeness (QED) is 0.906. The van der Waals surface area contributed by atoms with Crippen molar-refractivity contribution in [1.82, 2.24) is 10.2 Å². The number of nitrogens with zero attached hydrogens (tertiary/aromatic N) is 1. The molecule has 1 aliphatic heterocycles. The van der Waals surface area contributed by atoms with Crippen LogP contribution in [0.5, 0.6) is 0 Å². The summed E-state index contributed by atoms with van der Waals surface area (Å²) in [6.45, 7) is 1.76. The van der Waals surface area contributed by atoms with Gasteiger partial charge in [0.05, 0.1) is 4.47 Å². The van der Waals surface area contributed by atoms with Crippen LogP contribution < -0.4 is 5.32 Å². The number of carbonyl (C=O) groups excluding carboxylic acids is 1. The molecule has 17 heavy (non-hydrogen) atoms. The normalized spacial score (nSPS) is 19.4. The monoisotopic (exact) mass is 300 g/mol. The summed E-state index contributed by atoms with van der Waals surface area (Å²) in [5.41, 5.74) is 0.507. The van der Waals surface area contributed by atoms with Crippen LogP contribution in [0.25, 0.3) is 0 Å². The predicted molar refractivity (Wildman–Crippen MR) is 67.5 cm³/mol. The van der Waals surface area contributed by atoms with E-state index in [4.69, 9.17) is 0 Å². The highest BCUT2D eigenvalue weighted by Gasteiger charge is 2.24. The summed E-state index contributed by atoms with van der Waals surface area (Å²) in [5.74, 6) is -0.425. The minimum Gasteiger partial charge on any atom is -0.337 e. The second kappa shape index (κ2) is 5.14. The molecule has 1 N–H and O–H groups in total. The maximum absolute atomic E-state index is 13.1. The van der Waals surface area contributed by atoms with Crippen LogP contribution in [-0.2, 0) is 0 Å². The Labute approximate surface area is 108 Å². The number of rotatable bonds is 2. The maximum Gasteiger partial charge on any atom is 0.253 e. The van der Waals surface area contributed by atoms with Crippen molar-refractivity contribution in [2.24, 2.45) is 0 Å². The lowest BCUT2D eigenvalue weighted by molar-refractivity contribution is 0.0743. The van der Waals surface area contributed by atoms with Gasteiger partial charge in [-0.2, -0.15) is 0 Å². The van der Waals surface area contributed by atoms with Crippen molar-refractivity contribution in [3.8, 4) is 0 Å². The molecular weight excluding hydrogens is 287 g/mol. The fraction of sp³-hybridized carbons (Fsp3) is 0.417. The summed E-state index contributed by atoms with van der Waals surface area (Å²) in [4.78, 5) is 13.9. The Morgan fingerprint density at radius 2 is 2.35 bits per heavy atom. The van der Waals surface area contributed by atoms with Gasteiger partial charge >= 0.3 is 0 Å². The molecular formula is C12H14BrFN2O. The molecule has 0 aromatic heterocycles. The van der Waals surface area contributed by atoms with E-state index in [1.54, 1.807) is 11.9 Å². The third-order valence-corrected chi connectivity index (χ3v) is 3.68. The van der Waals surface area contributed by atoms with E-state index in [-0.39, 0.29) is 17.8 Å². The number of benzene rings is 1. The minimum absolute atomic E-state index is 0.0700. The van der Waals surface area contributed by atoms with E-state index in [2.05, 4.69) is 21.2 Å². The molecule has 92 valence electrons. The SMILES string of the molecule is CN(C(=O)c1ccc(F)c(Br)c1)C1CCNC1. The van der Waals surface area contributed by atoms with Crippen LogP contribution >= 0.6 is 15.9 Å². The van der Waals surface area contributed by atoms with E-state index in [1.165, 1.54) is 18.2 Å². The largest absolute Gasteiger partial charge is 0.337 e. The second-order valence-corrected chi connectivity index (χ2v) is 5.05. The van der Waals surface area contributed by atoms with Crippen LogP contribution in [0.15, 0.2) is 22.7 Å². The Hall–Kier alpha value is -0.940. The lowest BCUT2D eigenvalue weighted by atomic mass is 10.1. The van der Waals surface area contributed by atoms with E-state index in [0.717, 1.165) is 19.5 Å². The van der Waals surface area contributed by atoms with E-state index in [9.17, 15) is 9.18 Å². The molecule has 5 heteroatoms. The Bertz CT molecular complexity index is 433. The third-order valence-electron chi connectivity index (χ3n) is 3.07. The average molecular weight is 301 g/mol. The lowest BCUT2D eigenvalue weighted by Crippen LogP contribution is -2.38. The minimum atomic E-state index is -0.355. The molecule has 1 unspecified atom stereocenters. The van der Waals surface area contributed by atoms with Gasteiger partial charge in [0.15, 0.2) is 0 Å². The van der Waals surface area contributed by atoms with Crippen LogP contribution in [0.1, 0.15) is 16.8 Å². The standard InChI is InChI=1S/C12H14BrFN2O/c1-16(9-4-5-15-7-9)12(17)8-2-3-11(14)10(13)6-8/h2-3,6,9,15H,4-5,7H2,1H3. The molecule has 2 rings (SSSR count). The van der Waals surface area contributed by atoms with Gasteiger partial charge in [0.2, 0.25) is 0 Å². The van der Waals surface area contributed by atoms with Gasteiger partial charge < -0.3 is 10.2 Å². The van der Waals surface area contributed by atoms with Crippen molar-refractivity contribution < 1.29 is 9.18 Å². The molecule has 1 heterocycles. The molecule has 1 atom stereocenters. The van der Waals surface area contributed by atoms with Gasteiger partial charge in [-0.1, -0.05) is 0 Å². The highest BCUT2D eigenvalue weighted by Crippen LogP contribution is 2.19. The van der Waals surface area contributed by atoms with Crippen molar-refractivity contribution >= 4 is 21.8 Å². The van der Waals surface area contributed by atoms with Crippen LogP contribution in [0.3, 0.4) is 0 Å². The summed E-state index contributed by atoms with van der Waals surface area (Å²) in [5, 5.41) is 3.22. The molecule has 1 saturated heterocycles. The molecule has 0 bridgehead atoms. The number of carbonyl (C=O) groups is 1. The number of nitrogens with one attached hydrogen (secondary N) is 1. The van der Waals surface area contributed by atoms with Crippen molar-refractivity contribution in [2.75, 3.05) is 20.1 Å². The van der Waals surface area contributed by atoms with Crippen molar-refractivity contribution in [1.29, 1.82) is 0 Å². The Morgan fingerprint density at radius 3 is 2.94 bits per heavy atom. The highest BCUT2D eigenvalue weighted by atomic mass is 79.9. The number of hydrogen-bond acceptors (Lipinski definition) is 2. The van der Waals surface area contributed by atoms with E-state index >= 15 is 0 Å². The second-order valence-electron chi connectivity index (χ2n) is 4.19. The van der Waals surface area contributed by atoms with Gasteiger partial charge in [-0.05, 0) is 47.1 Å². The molecule has 1 fully saturated rings. The molecule has 0 saturated carbocycles. The van der Waals surface area contributed by atoms with Crippen LogP contribution in [0.2, 0.25) is 0 Å². The van der Waals surface area contributed by atoms with E-state index in [0.29, 0.717) is 10.0 Å². The van der Waals surface area contributed by atoms with Crippen LogP contribution in [0.4, 0.5) is 4.39 Å². The summed E-state index contributed by atoms with van der Waals surface area (Å²) in [6.07, 6.45) is 0.963. The van der Waals surface area contributed by atoms with E-state index in [1.807, 2.05) is 0 Å². The smallest absolute Gasteiger partial charge is 0.253 e. The molecule has 0 radical (unpaired) electrons. The Balaban J connectivity index is 2.15. The van der Waals surface area contributed by atoms with E-state index < -0.39 is 0 Å². The molecule has 0 aliphatic carbocycles. The molecule has 1 aromatic rings. The van der Waals surface area contributed by atoms with Crippen molar-refractivity contribution in [3.63, 3.8) is 0 Å². The van der Waals surface area contributed by atoms with Crippen molar-refractivity contribution in [3.05, 3.63) is 34.1 Å².